The summed E-state index contributed by atoms with van der Waals surface area (Å²) in [5.74, 6) is 0.00110. The molecule has 1 unspecified atom stereocenters. The van der Waals surface area contributed by atoms with Crippen molar-refractivity contribution in [1.82, 2.24) is 10.3 Å². The molecule has 0 radical (unpaired) electrons. The summed E-state index contributed by atoms with van der Waals surface area (Å²) in [5.41, 5.74) is -0.600. The maximum Gasteiger partial charge on any atom is 0.433 e. The third-order valence-corrected chi connectivity index (χ3v) is 3.48. The van der Waals surface area contributed by atoms with Gasteiger partial charge < -0.3 is 15.5 Å². The lowest BCUT2D eigenvalue weighted by molar-refractivity contribution is -0.141. The van der Waals surface area contributed by atoms with Crippen LogP contribution < -0.4 is 15.5 Å². The minimum Gasteiger partial charge on any atom is -0.349 e. The summed E-state index contributed by atoms with van der Waals surface area (Å²) in [6.07, 6.45) is -4.25. The third-order valence-electron chi connectivity index (χ3n) is 3.48. The molecule has 1 saturated heterocycles. The fraction of sp³-hybridized carbons (Fsp3) is 0.500. The van der Waals surface area contributed by atoms with Crippen LogP contribution in [-0.4, -0.2) is 36.6 Å². The summed E-state index contributed by atoms with van der Waals surface area (Å²) in [5, 5.41) is 5.76. The topological polar surface area (TPSA) is 57.3 Å². The van der Waals surface area contributed by atoms with Gasteiger partial charge in [-0.15, -0.1) is 0 Å². The Bertz CT molecular complexity index is 546. The molecule has 0 spiro atoms. The Hall–Kier alpha value is -1.83. The highest BCUT2D eigenvalue weighted by Crippen LogP contribution is 2.35. The van der Waals surface area contributed by atoms with Gasteiger partial charge in [0.15, 0.2) is 5.82 Å². The number of rotatable bonds is 0. The number of carbonyl (C=O) groups is 1. The van der Waals surface area contributed by atoms with Gasteiger partial charge in [-0.05, 0) is 12.1 Å². The zero-order valence-corrected chi connectivity index (χ0v) is 10.5. The normalized spacial score (nSPS) is 22.6. The lowest BCUT2D eigenvalue weighted by atomic mass is 10.1. The van der Waals surface area contributed by atoms with Crippen LogP contribution in [0, 0.1) is 0 Å². The van der Waals surface area contributed by atoms with Crippen LogP contribution in [0.5, 0.6) is 0 Å². The van der Waals surface area contributed by atoms with Crippen molar-refractivity contribution < 1.29 is 18.0 Å². The Morgan fingerprint density at radius 3 is 2.90 bits per heavy atom. The number of nitrogens with one attached hydrogen (secondary N) is 2. The van der Waals surface area contributed by atoms with Crippen molar-refractivity contribution in [3.63, 3.8) is 0 Å². The van der Waals surface area contributed by atoms with Crippen molar-refractivity contribution in [2.75, 3.05) is 29.9 Å². The monoisotopic (exact) mass is 286 g/mol. The van der Waals surface area contributed by atoms with Crippen molar-refractivity contribution in [3.8, 4) is 0 Å². The van der Waals surface area contributed by atoms with E-state index in [1.807, 2.05) is 0 Å². The van der Waals surface area contributed by atoms with Crippen molar-refractivity contribution in [1.29, 1.82) is 0 Å². The van der Waals surface area contributed by atoms with E-state index in [-0.39, 0.29) is 24.2 Å². The number of nitrogens with zero attached hydrogens (tertiary/aromatic N) is 2. The van der Waals surface area contributed by atoms with Gasteiger partial charge in [-0.3, -0.25) is 4.79 Å². The lowest BCUT2D eigenvalue weighted by Crippen LogP contribution is -2.52. The second-order valence-electron chi connectivity index (χ2n) is 4.87. The Labute approximate surface area is 113 Å². The number of halogens is 3. The molecule has 8 heteroatoms. The molecule has 1 fully saturated rings. The summed E-state index contributed by atoms with van der Waals surface area (Å²) in [7, 11) is 0. The number of anilines is 2. The van der Waals surface area contributed by atoms with E-state index in [2.05, 4.69) is 15.6 Å². The van der Waals surface area contributed by atoms with Crippen LogP contribution in [0.15, 0.2) is 12.1 Å². The first-order valence-electron chi connectivity index (χ1n) is 6.30. The lowest BCUT2D eigenvalue weighted by Gasteiger charge is -2.35. The quantitative estimate of drug-likeness (QED) is 0.753. The second-order valence-corrected chi connectivity index (χ2v) is 4.87. The number of hydrogen-bond donors (Lipinski definition) is 2. The van der Waals surface area contributed by atoms with E-state index in [4.69, 9.17) is 0 Å². The second kappa shape index (κ2) is 4.62. The Balaban J connectivity index is 2.07. The van der Waals surface area contributed by atoms with E-state index in [9.17, 15) is 18.0 Å². The fourth-order valence-corrected chi connectivity index (χ4v) is 2.56. The molecule has 1 aromatic rings. The molecule has 3 heterocycles. The van der Waals surface area contributed by atoms with Crippen LogP contribution in [0.4, 0.5) is 24.7 Å². The molecule has 0 aromatic carbocycles. The molecule has 2 aliphatic heterocycles. The molecule has 0 aliphatic carbocycles. The molecule has 2 aliphatic rings. The first-order valence-corrected chi connectivity index (χ1v) is 6.30. The molecule has 20 heavy (non-hydrogen) atoms. The maximum atomic E-state index is 12.8. The van der Waals surface area contributed by atoms with E-state index in [1.165, 1.54) is 6.07 Å². The van der Waals surface area contributed by atoms with Gasteiger partial charge in [0.1, 0.15) is 5.69 Å². The molecule has 1 atom stereocenters. The average molecular weight is 286 g/mol. The zero-order chi connectivity index (χ0) is 14.3. The smallest absolute Gasteiger partial charge is 0.349 e. The van der Waals surface area contributed by atoms with E-state index in [0.29, 0.717) is 25.3 Å². The van der Waals surface area contributed by atoms with Crippen molar-refractivity contribution >= 4 is 17.4 Å². The zero-order valence-electron chi connectivity index (χ0n) is 10.5. The van der Waals surface area contributed by atoms with Gasteiger partial charge in [-0.25, -0.2) is 4.98 Å². The summed E-state index contributed by atoms with van der Waals surface area (Å²) < 4.78 is 38.3. The molecular formula is C12H13F3N4O. The number of aromatic nitrogens is 1. The number of piperazine rings is 1. The van der Waals surface area contributed by atoms with E-state index in [0.717, 1.165) is 6.07 Å². The predicted octanol–water partition coefficient (Wildman–Crippen LogP) is 1.22. The first-order chi connectivity index (χ1) is 9.45. The van der Waals surface area contributed by atoms with Gasteiger partial charge in [-0.1, -0.05) is 0 Å². The molecule has 5 nitrogen and oxygen atoms in total. The Morgan fingerprint density at radius 1 is 1.35 bits per heavy atom. The highest BCUT2D eigenvalue weighted by atomic mass is 19.4. The molecule has 108 valence electrons. The van der Waals surface area contributed by atoms with Crippen LogP contribution in [0.3, 0.4) is 0 Å². The van der Waals surface area contributed by atoms with E-state index >= 15 is 0 Å². The number of hydrogen-bond acceptors (Lipinski definition) is 4. The summed E-state index contributed by atoms with van der Waals surface area (Å²) in [4.78, 5) is 17.3. The molecule has 1 aromatic heterocycles. The van der Waals surface area contributed by atoms with Crippen LogP contribution in [0.1, 0.15) is 12.1 Å². The summed E-state index contributed by atoms with van der Waals surface area (Å²) in [6.45, 7) is 1.74. The van der Waals surface area contributed by atoms with Gasteiger partial charge in [0.25, 0.3) is 0 Å². The number of pyridine rings is 1. The third kappa shape index (κ3) is 2.31. The number of amides is 1. The minimum absolute atomic E-state index is 0.166. The highest BCUT2D eigenvalue weighted by Gasteiger charge is 2.36. The van der Waals surface area contributed by atoms with Crippen molar-refractivity contribution in [2.45, 2.75) is 18.6 Å². The van der Waals surface area contributed by atoms with Gasteiger partial charge in [0.05, 0.1) is 11.7 Å². The number of alkyl halides is 3. The average Bonchev–Trinajstić information content (AvgIpc) is 2.52. The maximum absolute atomic E-state index is 12.8. The molecule has 1 amide bonds. The summed E-state index contributed by atoms with van der Waals surface area (Å²) >= 11 is 0. The van der Waals surface area contributed by atoms with E-state index in [1.54, 1.807) is 4.90 Å². The van der Waals surface area contributed by atoms with Crippen LogP contribution >= 0.6 is 0 Å². The van der Waals surface area contributed by atoms with Gasteiger partial charge >= 0.3 is 6.18 Å². The van der Waals surface area contributed by atoms with Gasteiger partial charge in [0.2, 0.25) is 5.91 Å². The molecular weight excluding hydrogens is 273 g/mol. The van der Waals surface area contributed by atoms with Crippen LogP contribution in [0.25, 0.3) is 0 Å². The predicted molar refractivity (Wildman–Crippen MR) is 66.5 cm³/mol. The SMILES string of the molecule is O=C1CC2CNCCN2c2nc(C(F)(F)F)ccc2N1. The molecule has 3 rings (SSSR count). The van der Waals surface area contributed by atoms with Crippen molar-refractivity contribution in [2.24, 2.45) is 0 Å². The fourth-order valence-electron chi connectivity index (χ4n) is 2.56. The van der Waals surface area contributed by atoms with Crippen LogP contribution in [-0.2, 0) is 11.0 Å². The Kier molecular flexibility index (Phi) is 3.04. The molecule has 2 N–H and O–H groups in total. The number of carbonyl (C=O) groups excluding carboxylic acids is 1. The van der Waals surface area contributed by atoms with Gasteiger partial charge in [0, 0.05) is 26.1 Å². The molecule has 0 bridgehead atoms. The van der Waals surface area contributed by atoms with Crippen LogP contribution in [0.2, 0.25) is 0 Å². The van der Waals surface area contributed by atoms with Crippen molar-refractivity contribution in [3.05, 3.63) is 17.8 Å². The van der Waals surface area contributed by atoms with Gasteiger partial charge in [-0.2, -0.15) is 13.2 Å². The minimum atomic E-state index is -4.49. The number of fused-ring (bicyclic) bond motifs is 3. The standard InChI is InChI=1S/C12H13F3N4O/c13-12(14,15)9-2-1-8-11(18-9)19-4-3-16-6-7(19)5-10(20)17-8/h1-2,7,16H,3-6H2,(H,17,20). The van der Waals surface area contributed by atoms with E-state index < -0.39 is 11.9 Å². The summed E-state index contributed by atoms with van der Waals surface area (Å²) in [6, 6.07) is 2.00. The molecule has 0 saturated carbocycles. The highest BCUT2D eigenvalue weighted by molar-refractivity contribution is 5.96. The first kappa shape index (κ1) is 13.2. The Morgan fingerprint density at radius 2 is 2.15 bits per heavy atom. The largest absolute Gasteiger partial charge is 0.433 e.